The number of nitrogens with one attached hydrogen (secondary N) is 1. The number of rotatable bonds is 3. The summed E-state index contributed by atoms with van der Waals surface area (Å²) in [6.45, 7) is 0. The van der Waals surface area contributed by atoms with Gasteiger partial charge in [0, 0.05) is 11.8 Å². The second-order valence-corrected chi connectivity index (χ2v) is 3.99. The summed E-state index contributed by atoms with van der Waals surface area (Å²) >= 11 is 0. The van der Waals surface area contributed by atoms with Gasteiger partial charge < -0.3 is 4.74 Å². The largest absolute Gasteiger partial charge is 0.417 e. The number of amides is 1. The van der Waals surface area contributed by atoms with Crippen LogP contribution in [0.5, 0.6) is 5.75 Å². The number of carbonyl (C=O) groups excluding carboxylic acids is 1. The van der Waals surface area contributed by atoms with Crippen molar-refractivity contribution in [1.82, 2.24) is 0 Å². The zero-order chi connectivity index (χ0) is 15.4. The van der Waals surface area contributed by atoms with Crippen molar-refractivity contribution in [2.75, 3.05) is 5.32 Å². The van der Waals surface area contributed by atoms with E-state index < -0.39 is 29.7 Å². The number of hydrogen-bond acceptors (Lipinski definition) is 2. The Morgan fingerprint density at radius 3 is 2.38 bits per heavy atom. The van der Waals surface area contributed by atoms with Crippen LogP contribution < -0.4 is 10.1 Å². The molecular formula is C14H9F4NO2. The minimum absolute atomic E-state index is 0.215. The van der Waals surface area contributed by atoms with Gasteiger partial charge in [0.1, 0.15) is 5.75 Å². The van der Waals surface area contributed by atoms with E-state index in [1.54, 1.807) is 18.2 Å². The first-order valence-corrected chi connectivity index (χ1v) is 5.78. The molecule has 7 heteroatoms. The predicted molar refractivity (Wildman–Crippen MR) is 67.4 cm³/mol. The van der Waals surface area contributed by atoms with Crippen LogP contribution in [0.15, 0.2) is 42.5 Å². The Balaban J connectivity index is 2.14. The molecular weight excluding hydrogens is 290 g/mol. The van der Waals surface area contributed by atoms with E-state index >= 15 is 0 Å². The SMILES string of the molecule is O=C(Nc1cc(F)c(F)c(C(F)F)c1)Oc1ccccc1. The first-order chi connectivity index (χ1) is 9.97. The lowest BCUT2D eigenvalue weighted by molar-refractivity contribution is 0.145. The van der Waals surface area contributed by atoms with Gasteiger partial charge in [0.15, 0.2) is 11.6 Å². The minimum atomic E-state index is -3.20. The number of halogens is 4. The molecule has 21 heavy (non-hydrogen) atoms. The maximum Gasteiger partial charge on any atom is 0.417 e. The van der Waals surface area contributed by atoms with Gasteiger partial charge in [-0.15, -0.1) is 0 Å². The second kappa shape index (κ2) is 6.25. The second-order valence-electron chi connectivity index (χ2n) is 3.99. The van der Waals surface area contributed by atoms with E-state index in [4.69, 9.17) is 4.74 Å². The Bertz CT molecular complexity index is 647. The standard InChI is InChI=1S/C14H9F4NO2/c15-11-7-8(6-10(12(11)16)13(17)18)19-14(20)21-9-4-2-1-3-5-9/h1-7,13H,(H,19,20). The molecule has 0 aliphatic rings. The fourth-order valence-electron chi connectivity index (χ4n) is 1.58. The summed E-state index contributed by atoms with van der Waals surface area (Å²) in [6.07, 6.45) is -4.21. The summed E-state index contributed by atoms with van der Waals surface area (Å²) in [5.41, 5.74) is -1.46. The molecule has 0 aliphatic carbocycles. The zero-order valence-corrected chi connectivity index (χ0v) is 10.4. The van der Waals surface area contributed by atoms with Crippen LogP contribution in [0.4, 0.5) is 28.0 Å². The van der Waals surface area contributed by atoms with Crippen molar-refractivity contribution in [3.63, 3.8) is 0 Å². The van der Waals surface area contributed by atoms with Crippen LogP contribution in [-0.4, -0.2) is 6.09 Å². The molecule has 0 saturated heterocycles. The first-order valence-electron chi connectivity index (χ1n) is 5.78. The molecule has 0 atom stereocenters. The van der Waals surface area contributed by atoms with Gasteiger partial charge in [0.05, 0.1) is 5.56 Å². The topological polar surface area (TPSA) is 38.3 Å². The van der Waals surface area contributed by atoms with Gasteiger partial charge in [-0.2, -0.15) is 0 Å². The lowest BCUT2D eigenvalue weighted by Gasteiger charge is -2.09. The van der Waals surface area contributed by atoms with Crippen molar-refractivity contribution in [3.05, 3.63) is 59.7 Å². The Labute approximate surface area is 117 Å². The van der Waals surface area contributed by atoms with Crippen molar-refractivity contribution >= 4 is 11.8 Å². The number of alkyl halides is 2. The van der Waals surface area contributed by atoms with E-state index in [-0.39, 0.29) is 11.4 Å². The van der Waals surface area contributed by atoms with Crippen molar-refractivity contribution in [3.8, 4) is 5.75 Å². The van der Waals surface area contributed by atoms with Crippen LogP contribution in [0.3, 0.4) is 0 Å². The molecule has 0 heterocycles. The van der Waals surface area contributed by atoms with Gasteiger partial charge in [-0.1, -0.05) is 18.2 Å². The summed E-state index contributed by atoms with van der Waals surface area (Å²) in [4.78, 5) is 11.5. The molecule has 0 aromatic heterocycles. The Hall–Kier alpha value is -2.57. The molecule has 0 saturated carbocycles. The highest BCUT2D eigenvalue weighted by Gasteiger charge is 2.19. The van der Waals surface area contributed by atoms with E-state index in [9.17, 15) is 22.4 Å². The van der Waals surface area contributed by atoms with Crippen LogP contribution in [-0.2, 0) is 0 Å². The summed E-state index contributed by atoms with van der Waals surface area (Å²) < 4.78 is 56.2. The molecule has 3 nitrogen and oxygen atoms in total. The van der Waals surface area contributed by atoms with E-state index in [1.165, 1.54) is 12.1 Å². The van der Waals surface area contributed by atoms with Gasteiger partial charge in [0.2, 0.25) is 0 Å². The molecule has 2 rings (SSSR count). The Morgan fingerprint density at radius 1 is 1.10 bits per heavy atom. The Kier molecular flexibility index (Phi) is 4.42. The van der Waals surface area contributed by atoms with Gasteiger partial charge in [-0.3, -0.25) is 5.32 Å². The van der Waals surface area contributed by atoms with Gasteiger partial charge >= 0.3 is 6.09 Å². The summed E-state index contributed by atoms with van der Waals surface area (Å²) in [7, 11) is 0. The van der Waals surface area contributed by atoms with E-state index in [0.717, 1.165) is 0 Å². The lowest BCUT2D eigenvalue weighted by atomic mass is 10.2. The third kappa shape index (κ3) is 3.71. The monoisotopic (exact) mass is 299 g/mol. The maximum atomic E-state index is 13.2. The molecule has 1 amide bonds. The molecule has 0 fully saturated rings. The van der Waals surface area contributed by atoms with E-state index in [2.05, 4.69) is 5.32 Å². The highest BCUT2D eigenvalue weighted by molar-refractivity contribution is 5.86. The number of anilines is 1. The van der Waals surface area contributed by atoms with Gasteiger partial charge in [-0.25, -0.2) is 22.4 Å². The molecule has 2 aromatic carbocycles. The summed E-state index contributed by atoms with van der Waals surface area (Å²) in [5, 5.41) is 2.05. The average Bonchev–Trinajstić information content (AvgIpc) is 2.43. The van der Waals surface area contributed by atoms with Crippen LogP contribution in [0.25, 0.3) is 0 Å². The third-order valence-electron chi connectivity index (χ3n) is 2.49. The maximum absolute atomic E-state index is 13.2. The van der Waals surface area contributed by atoms with Crippen molar-refractivity contribution < 1.29 is 27.1 Å². The smallest absolute Gasteiger partial charge is 0.410 e. The highest BCUT2D eigenvalue weighted by Crippen LogP contribution is 2.27. The van der Waals surface area contributed by atoms with Crippen LogP contribution >= 0.6 is 0 Å². The molecule has 0 radical (unpaired) electrons. The van der Waals surface area contributed by atoms with Crippen LogP contribution in [0.2, 0.25) is 0 Å². The molecule has 1 N–H and O–H groups in total. The van der Waals surface area contributed by atoms with Gasteiger partial charge in [-0.05, 0) is 18.2 Å². The van der Waals surface area contributed by atoms with Crippen LogP contribution in [0.1, 0.15) is 12.0 Å². The van der Waals surface area contributed by atoms with E-state index in [1.807, 2.05) is 0 Å². The molecule has 0 bridgehead atoms. The average molecular weight is 299 g/mol. The van der Waals surface area contributed by atoms with Crippen molar-refractivity contribution in [1.29, 1.82) is 0 Å². The fraction of sp³-hybridized carbons (Fsp3) is 0.0714. The molecule has 0 aliphatic heterocycles. The molecule has 0 spiro atoms. The quantitative estimate of drug-likeness (QED) is 0.847. The normalized spacial score (nSPS) is 10.5. The molecule has 0 unspecified atom stereocenters. The van der Waals surface area contributed by atoms with Gasteiger partial charge in [0.25, 0.3) is 6.43 Å². The zero-order valence-electron chi connectivity index (χ0n) is 10.4. The minimum Gasteiger partial charge on any atom is -0.410 e. The number of benzene rings is 2. The Morgan fingerprint density at radius 2 is 1.76 bits per heavy atom. The lowest BCUT2D eigenvalue weighted by Crippen LogP contribution is -2.17. The summed E-state index contributed by atoms with van der Waals surface area (Å²) in [6, 6.07) is 9.17. The van der Waals surface area contributed by atoms with Crippen molar-refractivity contribution in [2.24, 2.45) is 0 Å². The molecule has 110 valence electrons. The van der Waals surface area contributed by atoms with Crippen LogP contribution in [0, 0.1) is 11.6 Å². The molecule has 2 aromatic rings. The number of ether oxygens (including phenoxy) is 1. The number of para-hydroxylation sites is 1. The predicted octanol–water partition coefficient (Wildman–Crippen LogP) is 4.51. The fourth-order valence-corrected chi connectivity index (χ4v) is 1.58. The number of hydrogen-bond donors (Lipinski definition) is 1. The van der Waals surface area contributed by atoms with Crippen molar-refractivity contribution in [2.45, 2.75) is 6.43 Å². The summed E-state index contributed by atoms with van der Waals surface area (Å²) in [5.74, 6) is -2.92. The van der Waals surface area contributed by atoms with E-state index in [0.29, 0.717) is 12.1 Å². The third-order valence-corrected chi connectivity index (χ3v) is 2.49. The number of carbonyl (C=O) groups is 1. The first kappa shape index (κ1) is 14.8. The highest BCUT2D eigenvalue weighted by atomic mass is 19.3.